The van der Waals surface area contributed by atoms with Crippen molar-refractivity contribution in [2.24, 2.45) is 0 Å². The Kier molecular flexibility index (Phi) is 12.4. The van der Waals surface area contributed by atoms with Gasteiger partial charge in [0.15, 0.2) is 0 Å². The molecule has 2 unspecified atom stereocenters. The molecule has 31 heavy (non-hydrogen) atoms. The third-order valence-corrected chi connectivity index (χ3v) is 19.2. The highest BCUT2D eigenvalue weighted by molar-refractivity contribution is 7.79. The van der Waals surface area contributed by atoms with Crippen LogP contribution in [0, 0.1) is 0 Å². The van der Waals surface area contributed by atoms with Crippen molar-refractivity contribution in [3.8, 4) is 0 Å². The molecule has 2 rings (SSSR count). The van der Waals surface area contributed by atoms with Crippen molar-refractivity contribution in [3.05, 3.63) is 0 Å². The van der Waals surface area contributed by atoms with Gasteiger partial charge in [0.05, 0.1) is 0 Å². The first-order valence-electron chi connectivity index (χ1n) is 14.6. The second-order valence-electron chi connectivity index (χ2n) is 11.1. The van der Waals surface area contributed by atoms with Crippen LogP contribution >= 0.6 is 15.8 Å². The lowest BCUT2D eigenvalue weighted by molar-refractivity contribution is 0.431. The Morgan fingerprint density at radius 2 is 0.871 bits per heavy atom. The number of hydrogen-bond acceptors (Lipinski definition) is 0. The predicted molar refractivity (Wildman–Crippen MR) is 149 cm³/mol. The molecule has 0 amide bonds. The lowest BCUT2D eigenvalue weighted by atomic mass is 9.91. The largest absolute Gasteiger partial charge is 0.0895 e. The zero-order valence-corrected chi connectivity index (χ0v) is 24.3. The number of unbranched alkanes of at least 4 members (excludes halogenated alkanes) is 4. The molecule has 0 aliphatic carbocycles. The molecule has 0 saturated carbocycles. The molecule has 0 radical (unpaired) electrons. The Labute approximate surface area is 200 Å². The van der Waals surface area contributed by atoms with Crippen LogP contribution in [0.1, 0.15) is 157 Å². The van der Waals surface area contributed by atoms with E-state index in [1.165, 1.54) is 64.2 Å². The van der Waals surface area contributed by atoms with Gasteiger partial charge in [-0.25, -0.2) is 0 Å². The van der Waals surface area contributed by atoms with E-state index in [0.717, 1.165) is 15.2 Å². The van der Waals surface area contributed by atoms with E-state index in [1.54, 1.807) is 63.7 Å². The minimum atomic E-state index is 0.165. The van der Waals surface area contributed by atoms with Gasteiger partial charge in [0, 0.05) is 4.90 Å². The summed E-state index contributed by atoms with van der Waals surface area (Å²) in [6, 6.07) is 0. The molecule has 2 heteroatoms. The van der Waals surface area contributed by atoms with Gasteiger partial charge in [0.2, 0.25) is 0 Å². The molecule has 0 nitrogen and oxygen atoms in total. The van der Waals surface area contributed by atoms with Crippen LogP contribution in [0.25, 0.3) is 0 Å². The quantitative estimate of drug-likeness (QED) is 0.198. The average molecular weight is 469 g/mol. The fraction of sp³-hybridized carbons (Fsp3) is 1.00. The van der Waals surface area contributed by atoms with E-state index in [-0.39, 0.29) is 15.8 Å². The summed E-state index contributed by atoms with van der Waals surface area (Å²) in [6.45, 7) is 15.0. The summed E-state index contributed by atoms with van der Waals surface area (Å²) in [5.74, 6) is 0. The molecule has 0 aromatic heterocycles. The summed E-state index contributed by atoms with van der Waals surface area (Å²) in [5, 5.41) is 1.50. The van der Waals surface area contributed by atoms with Gasteiger partial charge in [-0.05, 0) is 86.8 Å². The van der Waals surface area contributed by atoms with E-state index in [9.17, 15) is 0 Å². The summed E-state index contributed by atoms with van der Waals surface area (Å²) < 4.78 is 0. The predicted octanol–water partition coefficient (Wildman–Crippen LogP) is 11.3. The summed E-state index contributed by atoms with van der Waals surface area (Å²) in [5.41, 5.74) is 0. The highest BCUT2D eigenvalue weighted by Crippen LogP contribution is 2.84. The SMILES string of the molecule is CCCCC1(CCCC)CCCP1C(CC)(CC)P1CCCC1(CCCC)CCCC. The van der Waals surface area contributed by atoms with Crippen LogP contribution in [0.5, 0.6) is 0 Å². The van der Waals surface area contributed by atoms with Crippen LogP contribution < -0.4 is 0 Å². The Morgan fingerprint density at radius 3 is 1.13 bits per heavy atom. The van der Waals surface area contributed by atoms with Crippen LogP contribution in [0.15, 0.2) is 0 Å². The van der Waals surface area contributed by atoms with Crippen molar-refractivity contribution >= 4 is 15.8 Å². The summed E-state index contributed by atoms with van der Waals surface area (Å²) in [7, 11) is 0.331. The van der Waals surface area contributed by atoms with E-state index < -0.39 is 0 Å². The van der Waals surface area contributed by atoms with Crippen molar-refractivity contribution < 1.29 is 0 Å². The minimum absolute atomic E-state index is 0.165. The molecule has 0 bridgehead atoms. The van der Waals surface area contributed by atoms with Crippen molar-refractivity contribution in [3.63, 3.8) is 0 Å². The minimum Gasteiger partial charge on any atom is -0.0895 e. The van der Waals surface area contributed by atoms with Gasteiger partial charge in [-0.3, -0.25) is 0 Å². The van der Waals surface area contributed by atoms with Gasteiger partial charge in [-0.2, -0.15) is 0 Å². The summed E-state index contributed by atoms with van der Waals surface area (Å²) in [6.07, 6.45) is 30.3. The van der Waals surface area contributed by atoms with Gasteiger partial charge < -0.3 is 0 Å². The van der Waals surface area contributed by atoms with E-state index in [4.69, 9.17) is 0 Å². The highest BCUT2D eigenvalue weighted by atomic mass is 31.2. The molecule has 0 aromatic rings. The molecule has 0 N–H and O–H groups in total. The van der Waals surface area contributed by atoms with Gasteiger partial charge in [-0.1, -0.05) is 109 Å². The van der Waals surface area contributed by atoms with Crippen molar-refractivity contribution in [2.45, 2.75) is 172 Å². The topological polar surface area (TPSA) is 0 Å². The molecule has 2 aliphatic rings. The Bertz CT molecular complexity index is 425. The van der Waals surface area contributed by atoms with Crippen LogP contribution in [0.4, 0.5) is 0 Å². The number of rotatable bonds is 16. The van der Waals surface area contributed by atoms with E-state index in [0.29, 0.717) is 0 Å². The Hall–Kier alpha value is 0.860. The van der Waals surface area contributed by atoms with Gasteiger partial charge in [0.25, 0.3) is 0 Å². The zero-order chi connectivity index (χ0) is 22.8. The normalized spacial score (nSPS) is 25.4. The maximum atomic E-state index is 2.64. The van der Waals surface area contributed by atoms with Crippen LogP contribution in [0.2, 0.25) is 0 Å². The molecule has 2 saturated heterocycles. The third-order valence-electron chi connectivity index (χ3n) is 9.31. The highest BCUT2D eigenvalue weighted by Gasteiger charge is 2.58. The lowest BCUT2D eigenvalue weighted by Gasteiger charge is -2.56. The molecule has 2 atom stereocenters. The molecule has 184 valence electrons. The number of hydrogen-bond donors (Lipinski definition) is 0. The second kappa shape index (κ2) is 13.7. The average Bonchev–Trinajstić information content (AvgIpc) is 3.41. The second-order valence-corrected chi connectivity index (χ2v) is 17.6. The Balaban J connectivity index is 2.47. The van der Waals surface area contributed by atoms with Crippen molar-refractivity contribution in [1.82, 2.24) is 0 Å². The van der Waals surface area contributed by atoms with Crippen LogP contribution in [0.3, 0.4) is 0 Å². The fourth-order valence-corrected chi connectivity index (χ4v) is 19.3. The lowest BCUT2D eigenvalue weighted by Crippen LogP contribution is -2.39. The zero-order valence-electron chi connectivity index (χ0n) is 22.5. The monoisotopic (exact) mass is 468 g/mol. The van der Waals surface area contributed by atoms with Crippen LogP contribution in [-0.2, 0) is 0 Å². The first kappa shape index (κ1) is 28.1. The van der Waals surface area contributed by atoms with E-state index in [2.05, 4.69) is 41.5 Å². The molecular formula is C29H58P2. The standard InChI is InChI=1S/C29H58P2/c1-7-13-19-27(20-14-8-2)23-17-25-30(27)29(11-5,12-6)31-26-18-24-28(31,21-15-9-3)22-16-10-4/h7-26H2,1-6H3. The summed E-state index contributed by atoms with van der Waals surface area (Å²) >= 11 is 0. The maximum Gasteiger partial charge on any atom is 0.0111 e. The van der Waals surface area contributed by atoms with Gasteiger partial charge in [-0.15, -0.1) is 0 Å². The van der Waals surface area contributed by atoms with E-state index >= 15 is 0 Å². The van der Waals surface area contributed by atoms with E-state index in [1.807, 2.05) is 0 Å². The van der Waals surface area contributed by atoms with Crippen molar-refractivity contribution in [1.29, 1.82) is 0 Å². The Morgan fingerprint density at radius 1 is 0.548 bits per heavy atom. The maximum absolute atomic E-state index is 2.64. The third kappa shape index (κ3) is 6.11. The molecular weight excluding hydrogens is 410 g/mol. The molecule has 2 fully saturated rings. The van der Waals surface area contributed by atoms with Crippen molar-refractivity contribution in [2.75, 3.05) is 12.3 Å². The van der Waals surface area contributed by atoms with Gasteiger partial charge >= 0.3 is 0 Å². The van der Waals surface area contributed by atoms with Gasteiger partial charge in [0.1, 0.15) is 0 Å². The molecule has 0 spiro atoms. The molecule has 2 heterocycles. The molecule has 2 aliphatic heterocycles. The smallest absolute Gasteiger partial charge is 0.0111 e. The first-order valence-corrected chi connectivity index (χ1v) is 17.7. The first-order chi connectivity index (χ1) is 15.0. The molecule has 0 aromatic carbocycles. The van der Waals surface area contributed by atoms with Crippen LogP contribution in [-0.4, -0.2) is 27.5 Å². The summed E-state index contributed by atoms with van der Waals surface area (Å²) in [4.78, 5) is 0.737. The fourth-order valence-electron chi connectivity index (χ4n) is 7.65.